The number of aryl methyl sites for hydroxylation is 1. The largest absolute Gasteiger partial charge is 0.376 e. The van der Waals surface area contributed by atoms with E-state index >= 15 is 0 Å². The maximum atomic E-state index is 12.2. The quantitative estimate of drug-likeness (QED) is 0.587. The van der Waals surface area contributed by atoms with Crippen LogP contribution in [0, 0.1) is 6.92 Å². The highest BCUT2D eigenvalue weighted by Crippen LogP contribution is 2.11. The number of nitrogens with one attached hydrogen (secondary N) is 3. The van der Waals surface area contributed by atoms with Crippen molar-refractivity contribution in [2.75, 3.05) is 17.2 Å². The average Bonchev–Trinajstić information content (AvgIpc) is 2.73. The van der Waals surface area contributed by atoms with Crippen LogP contribution in [0.5, 0.6) is 0 Å². The van der Waals surface area contributed by atoms with Crippen molar-refractivity contribution < 1.29 is 9.59 Å². The van der Waals surface area contributed by atoms with Gasteiger partial charge in [0.1, 0.15) is 0 Å². The van der Waals surface area contributed by atoms with E-state index in [0.29, 0.717) is 12.1 Å². The van der Waals surface area contributed by atoms with E-state index in [9.17, 15) is 9.59 Å². The molecule has 0 aliphatic rings. The van der Waals surface area contributed by atoms with Crippen molar-refractivity contribution in [3.8, 4) is 0 Å². The molecule has 0 radical (unpaired) electrons. The van der Waals surface area contributed by atoms with Crippen LogP contribution < -0.4 is 16.0 Å². The smallest absolute Gasteiger partial charge is 0.251 e. The van der Waals surface area contributed by atoms with Gasteiger partial charge in [0.2, 0.25) is 5.91 Å². The lowest BCUT2D eigenvalue weighted by molar-refractivity contribution is -0.114. The second-order valence-corrected chi connectivity index (χ2v) is 6.51. The van der Waals surface area contributed by atoms with Crippen LogP contribution >= 0.6 is 0 Å². The molecule has 0 saturated carbocycles. The number of carbonyl (C=O) groups excluding carboxylic acids is 2. The van der Waals surface area contributed by atoms with Crippen LogP contribution in [0.3, 0.4) is 0 Å². The van der Waals surface area contributed by atoms with Gasteiger partial charge in [-0.3, -0.25) is 9.59 Å². The molecular weight excluding hydrogens is 350 g/mol. The third kappa shape index (κ3) is 5.71. The van der Waals surface area contributed by atoms with Crippen molar-refractivity contribution in [3.63, 3.8) is 0 Å². The molecular formula is C23H23N3O2. The first-order valence-electron chi connectivity index (χ1n) is 9.13. The molecule has 0 unspecified atom stereocenters. The van der Waals surface area contributed by atoms with Gasteiger partial charge in [-0.2, -0.15) is 0 Å². The summed E-state index contributed by atoms with van der Waals surface area (Å²) in [7, 11) is 0. The molecule has 0 aliphatic heterocycles. The summed E-state index contributed by atoms with van der Waals surface area (Å²) in [4.78, 5) is 24.3. The Hall–Kier alpha value is -3.60. The number of carbonyl (C=O) groups is 2. The zero-order valence-corrected chi connectivity index (χ0v) is 15.7. The molecule has 3 N–H and O–H groups in total. The highest BCUT2D eigenvalue weighted by molar-refractivity contribution is 5.95. The van der Waals surface area contributed by atoms with E-state index in [0.717, 1.165) is 22.5 Å². The van der Waals surface area contributed by atoms with Crippen molar-refractivity contribution in [2.45, 2.75) is 13.5 Å². The van der Waals surface area contributed by atoms with Gasteiger partial charge in [0, 0.05) is 23.5 Å². The van der Waals surface area contributed by atoms with E-state index < -0.39 is 0 Å². The van der Waals surface area contributed by atoms with E-state index in [-0.39, 0.29) is 18.4 Å². The summed E-state index contributed by atoms with van der Waals surface area (Å²) >= 11 is 0. The summed E-state index contributed by atoms with van der Waals surface area (Å²) in [5.74, 6) is -0.263. The van der Waals surface area contributed by atoms with Gasteiger partial charge in [0.05, 0.1) is 6.54 Å². The zero-order valence-electron chi connectivity index (χ0n) is 15.7. The molecule has 5 nitrogen and oxygen atoms in total. The molecule has 3 rings (SSSR count). The molecule has 0 aliphatic carbocycles. The number of benzene rings is 3. The Balaban J connectivity index is 1.46. The van der Waals surface area contributed by atoms with Gasteiger partial charge < -0.3 is 16.0 Å². The van der Waals surface area contributed by atoms with Gasteiger partial charge in [-0.25, -0.2) is 0 Å². The standard InChI is InChI=1S/C23H23N3O2/c1-17-7-11-21(12-8-17)26-22(27)16-24-20-13-9-19(10-14-20)23(28)25-15-18-5-3-2-4-6-18/h2-14,24H,15-16H2,1H3,(H,25,28)(H,26,27). The Bertz CT molecular complexity index is 920. The van der Waals surface area contributed by atoms with Crippen molar-refractivity contribution in [3.05, 3.63) is 95.6 Å². The SMILES string of the molecule is Cc1ccc(NC(=O)CNc2ccc(C(=O)NCc3ccccc3)cc2)cc1. The molecule has 0 aromatic heterocycles. The fourth-order valence-electron chi connectivity index (χ4n) is 2.64. The topological polar surface area (TPSA) is 70.2 Å². The predicted octanol–water partition coefficient (Wildman–Crippen LogP) is 3.98. The Kier molecular flexibility index (Phi) is 6.41. The van der Waals surface area contributed by atoms with E-state index in [4.69, 9.17) is 0 Å². The molecule has 0 atom stereocenters. The van der Waals surface area contributed by atoms with Crippen LogP contribution in [0.15, 0.2) is 78.9 Å². The summed E-state index contributed by atoms with van der Waals surface area (Å²) in [6, 6.07) is 24.4. The molecule has 0 spiro atoms. The third-order valence-corrected chi connectivity index (χ3v) is 4.23. The summed E-state index contributed by atoms with van der Waals surface area (Å²) in [6.07, 6.45) is 0. The van der Waals surface area contributed by atoms with Crippen LogP contribution in [0.2, 0.25) is 0 Å². The van der Waals surface area contributed by atoms with Crippen molar-refractivity contribution in [1.29, 1.82) is 0 Å². The Labute approximate surface area is 164 Å². The summed E-state index contributed by atoms with van der Waals surface area (Å²) in [5, 5.41) is 8.78. The molecule has 28 heavy (non-hydrogen) atoms. The zero-order chi connectivity index (χ0) is 19.8. The fraction of sp³-hybridized carbons (Fsp3) is 0.130. The maximum absolute atomic E-state index is 12.2. The maximum Gasteiger partial charge on any atom is 0.251 e. The van der Waals surface area contributed by atoms with Crippen LogP contribution in [-0.4, -0.2) is 18.4 Å². The van der Waals surface area contributed by atoms with Crippen molar-refractivity contribution in [1.82, 2.24) is 5.32 Å². The second-order valence-electron chi connectivity index (χ2n) is 6.51. The third-order valence-electron chi connectivity index (χ3n) is 4.23. The molecule has 5 heteroatoms. The molecule has 0 saturated heterocycles. The van der Waals surface area contributed by atoms with E-state index in [1.165, 1.54) is 0 Å². The number of hydrogen-bond acceptors (Lipinski definition) is 3. The van der Waals surface area contributed by atoms with Crippen molar-refractivity contribution in [2.24, 2.45) is 0 Å². The Morgan fingerprint density at radius 1 is 0.786 bits per heavy atom. The lowest BCUT2D eigenvalue weighted by Crippen LogP contribution is -2.23. The molecule has 0 heterocycles. The van der Waals surface area contributed by atoms with Gasteiger partial charge in [-0.1, -0.05) is 48.0 Å². The number of rotatable bonds is 7. The van der Waals surface area contributed by atoms with E-state index in [1.807, 2.05) is 61.5 Å². The number of amides is 2. The molecule has 3 aromatic rings. The van der Waals surface area contributed by atoms with Gasteiger partial charge in [-0.15, -0.1) is 0 Å². The van der Waals surface area contributed by atoms with Crippen LogP contribution in [0.4, 0.5) is 11.4 Å². The van der Waals surface area contributed by atoms with Crippen molar-refractivity contribution >= 4 is 23.2 Å². The minimum absolute atomic E-state index is 0.131. The number of anilines is 2. The molecule has 2 amide bonds. The Morgan fingerprint density at radius 3 is 2.11 bits per heavy atom. The fourth-order valence-corrected chi connectivity index (χ4v) is 2.64. The predicted molar refractivity (Wildman–Crippen MR) is 112 cm³/mol. The lowest BCUT2D eigenvalue weighted by atomic mass is 10.1. The van der Waals surface area contributed by atoms with Crippen LogP contribution in [0.1, 0.15) is 21.5 Å². The number of hydrogen-bond donors (Lipinski definition) is 3. The van der Waals surface area contributed by atoms with Crippen LogP contribution in [0.25, 0.3) is 0 Å². The van der Waals surface area contributed by atoms with Gasteiger partial charge in [-0.05, 0) is 48.9 Å². The van der Waals surface area contributed by atoms with Crippen LogP contribution in [-0.2, 0) is 11.3 Å². The van der Waals surface area contributed by atoms with E-state index in [1.54, 1.807) is 24.3 Å². The second kappa shape index (κ2) is 9.37. The summed E-state index contributed by atoms with van der Waals surface area (Å²) in [5.41, 5.74) is 4.31. The summed E-state index contributed by atoms with van der Waals surface area (Å²) in [6.45, 7) is 2.63. The average molecular weight is 373 g/mol. The normalized spacial score (nSPS) is 10.2. The van der Waals surface area contributed by atoms with Gasteiger partial charge in [0.15, 0.2) is 0 Å². The minimum atomic E-state index is -0.132. The molecule has 142 valence electrons. The summed E-state index contributed by atoms with van der Waals surface area (Å²) < 4.78 is 0. The highest BCUT2D eigenvalue weighted by Gasteiger charge is 2.06. The Morgan fingerprint density at radius 2 is 1.43 bits per heavy atom. The first kappa shape index (κ1) is 19.2. The first-order chi connectivity index (χ1) is 13.6. The van der Waals surface area contributed by atoms with E-state index in [2.05, 4.69) is 16.0 Å². The minimum Gasteiger partial charge on any atom is -0.376 e. The highest BCUT2D eigenvalue weighted by atomic mass is 16.2. The molecule has 3 aromatic carbocycles. The van der Waals surface area contributed by atoms with Gasteiger partial charge >= 0.3 is 0 Å². The molecule has 0 bridgehead atoms. The van der Waals surface area contributed by atoms with Gasteiger partial charge in [0.25, 0.3) is 5.91 Å². The first-order valence-corrected chi connectivity index (χ1v) is 9.13. The molecule has 0 fully saturated rings. The monoisotopic (exact) mass is 373 g/mol. The lowest BCUT2D eigenvalue weighted by Gasteiger charge is -2.09.